The van der Waals surface area contributed by atoms with Crippen LogP contribution < -0.4 is 0 Å². The van der Waals surface area contributed by atoms with Crippen molar-refractivity contribution in [2.24, 2.45) is 17.3 Å². The largest absolute Gasteiger partial charge is 0.460 e. The number of nitrogens with zero attached hydrogens (tertiary/aromatic N) is 2. The molecule has 0 amide bonds. The monoisotopic (exact) mass is 440 g/mol. The second kappa shape index (κ2) is 7.11. The molecule has 0 bridgehead atoms. The SMILES string of the molecule is C#CCn1ccc(COC(=O)[C@@H]2[C@H](CC(Br)Br)C2(C)C)c1C#N. The number of halogens is 2. The number of aromatic nitrogens is 1. The Bertz CT molecular complexity index is 680. The fourth-order valence-corrected chi connectivity index (χ4v) is 3.89. The lowest BCUT2D eigenvalue weighted by molar-refractivity contribution is -0.147. The molecule has 6 heteroatoms. The van der Waals surface area contributed by atoms with Gasteiger partial charge in [-0.3, -0.25) is 4.79 Å². The first-order valence-corrected chi connectivity index (χ1v) is 9.12. The number of alkyl halides is 2. The molecule has 0 saturated heterocycles. The van der Waals surface area contributed by atoms with Gasteiger partial charge >= 0.3 is 5.97 Å². The molecule has 1 fully saturated rings. The molecule has 0 aromatic carbocycles. The van der Waals surface area contributed by atoms with Crippen LogP contribution in [0.25, 0.3) is 0 Å². The summed E-state index contributed by atoms with van der Waals surface area (Å²) >= 11 is 6.93. The molecule has 0 N–H and O–H groups in total. The normalized spacial score (nSPS) is 21.5. The fourth-order valence-electron chi connectivity index (χ4n) is 3.08. The van der Waals surface area contributed by atoms with Crippen molar-refractivity contribution in [2.45, 2.75) is 37.2 Å². The maximum Gasteiger partial charge on any atom is 0.310 e. The predicted octanol–water partition coefficient (Wildman–Crippen LogP) is 3.81. The van der Waals surface area contributed by atoms with Crippen LogP contribution in [0, 0.1) is 40.9 Å². The van der Waals surface area contributed by atoms with Crippen LogP contribution in [0.4, 0.5) is 0 Å². The van der Waals surface area contributed by atoms with Gasteiger partial charge in [0.15, 0.2) is 0 Å². The Hall–Kier alpha value is -1.24. The molecule has 0 aliphatic heterocycles. The Balaban J connectivity index is 1.99. The number of esters is 1. The molecule has 1 aromatic heterocycles. The second-order valence-electron chi connectivity index (χ2n) is 6.27. The summed E-state index contributed by atoms with van der Waals surface area (Å²) in [6.45, 7) is 4.59. The number of hydrogen-bond donors (Lipinski definition) is 0. The number of carbonyl (C=O) groups excluding carboxylic acids is 1. The summed E-state index contributed by atoms with van der Waals surface area (Å²) in [7, 11) is 0. The minimum atomic E-state index is -0.200. The molecular formula is C17H18Br2N2O2. The van der Waals surface area contributed by atoms with E-state index in [0.717, 1.165) is 6.42 Å². The van der Waals surface area contributed by atoms with E-state index < -0.39 is 0 Å². The van der Waals surface area contributed by atoms with E-state index in [1.54, 1.807) is 16.8 Å². The summed E-state index contributed by atoms with van der Waals surface area (Å²) in [5.41, 5.74) is 1.08. The number of terminal acetylenes is 1. The Morgan fingerprint density at radius 3 is 2.83 bits per heavy atom. The Kier molecular flexibility index (Phi) is 5.60. The predicted molar refractivity (Wildman–Crippen MR) is 94.8 cm³/mol. The third-order valence-corrected chi connectivity index (χ3v) is 5.27. The smallest absolute Gasteiger partial charge is 0.310 e. The number of hydrogen-bond acceptors (Lipinski definition) is 3. The van der Waals surface area contributed by atoms with Gasteiger partial charge in [0.25, 0.3) is 0 Å². The molecule has 23 heavy (non-hydrogen) atoms. The summed E-state index contributed by atoms with van der Waals surface area (Å²) in [4.78, 5) is 12.3. The minimum absolute atomic E-state index is 0.0513. The van der Waals surface area contributed by atoms with Crippen molar-refractivity contribution >= 4 is 37.8 Å². The molecule has 1 aliphatic rings. The molecule has 1 saturated carbocycles. The highest BCUT2D eigenvalue weighted by Crippen LogP contribution is 2.61. The highest BCUT2D eigenvalue weighted by molar-refractivity contribution is 9.24. The average molecular weight is 442 g/mol. The Morgan fingerprint density at radius 1 is 1.57 bits per heavy atom. The lowest BCUT2D eigenvalue weighted by Crippen LogP contribution is -2.11. The molecule has 4 nitrogen and oxygen atoms in total. The van der Waals surface area contributed by atoms with Crippen molar-refractivity contribution in [1.82, 2.24) is 4.57 Å². The first-order chi connectivity index (χ1) is 10.8. The van der Waals surface area contributed by atoms with Gasteiger partial charge in [0.1, 0.15) is 18.4 Å². The molecule has 2 rings (SSSR count). The third kappa shape index (κ3) is 3.82. The van der Waals surface area contributed by atoms with Gasteiger partial charge in [-0.25, -0.2) is 0 Å². The number of nitriles is 1. The maximum absolute atomic E-state index is 12.3. The summed E-state index contributed by atoms with van der Waals surface area (Å²) in [6.07, 6.45) is 7.89. The molecule has 122 valence electrons. The summed E-state index contributed by atoms with van der Waals surface area (Å²) < 4.78 is 7.32. The molecule has 1 heterocycles. The van der Waals surface area contributed by atoms with Crippen molar-refractivity contribution in [3.63, 3.8) is 0 Å². The summed E-state index contributed by atoms with van der Waals surface area (Å²) in [5, 5.41) is 9.24. The summed E-state index contributed by atoms with van der Waals surface area (Å²) in [6, 6.07) is 3.88. The van der Waals surface area contributed by atoms with Crippen LogP contribution in [0.5, 0.6) is 0 Å². The first-order valence-electron chi connectivity index (χ1n) is 7.29. The van der Waals surface area contributed by atoms with Gasteiger partial charge in [-0.05, 0) is 23.8 Å². The minimum Gasteiger partial charge on any atom is -0.460 e. The molecular weight excluding hydrogens is 424 g/mol. The zero-order valence-electron chi connectivity index (χ0n) is 13.1. The first kappa shape index (κ1) is 18.1. The number of ether oxygens (including phenoxy) is 1. The quantitative estimate of drug-likeness (QED) is 0.383. The van der Waals surface area contributed by atoms with E-state index in [4.69, 9.17) is 11.2 Å². The van der Waals surface area contributed by atoms with E-state index in [1.807, 2.05) is 0 Å². The topological polar surface area (TPSA) is 55.0 Å². The lowest BCUT2D eigenvalue weighted by atomic mass is 10.1. The van der Waals surface area contributed by atoms with Crippen molar-refractivity contribution < 1.29 is 9.53 Å². The van der Waals surface area contributed by atoms with Crippen LogP contribution in [0.15, 0.2) is 12.3 Å². The van der Waals surface area contributed by atoms with Gasteiger partial charge in [-0.2, -0.15) is 5.26 Å². The second-order valence-corrected chi connectivity index (χ2v) is 9.71. The van der Waals surface area contributed by atoms with Crippen molar-refractivity contribution in [2.75, 3.05) is 0 Å². The molecule has 2 atom stereocenters. The maximum atomic E-state index is 12.3. The van der Waals surface area contributed by atoms with E-state index in [0.29, 0.717) is 23.7 Å². The highest BCUT2D eigenvalue weighted by Gasteiger charge is 2.62. The van der Waals surface area contributed by atoms with Gasteiger partial charge < -0.3 is 9.30 Å². The highest BCUT2D eigenvalue weighted by atomic mass is 79.9. The van der Waals surface area contributed by atoms with Crippen LogP contribution in [-0.4, -0.2) is 14.3 Å². The van der Waals surface area contributed by atoms with Gasteiger partial charge in [0, 0.05) is 11.8 Å². The van der Waals surface area contributed by atoms with Crippen LogP contribution >= 0.6 is 31.9 Å². The van der Waals surface area contributed by atoms with Crippen LogP contribution in [0.1, 0.15) is 31.5 Å². The van der Waals surface area contributed by atoms with E-state index in [9.17, 15) is 10.1 Å². The van der Waals surface area contributed by atoms with Gasteiger partial charge in [-0.15, -0.1) is 6.42 Å². The zero-order chi connectivity index (χ0) is 17.2. The Labute approximate surface area is 153 Å². The molecule has 0 spiro atoms. The van der Waals surface area contributed by atoms with Crippen molar-refractivity contribution in [3.8, 4) is 18.4 Å². The van der Waals surface area contributed by atoms with Crippen molar-refractivity contribution in [3.05, 3.63) is 23.5 Å². The number of rotatable bonds is 6. The van der Waals surface area contributed by atoms with Crippen molar-refractivity contribution in [1.29, 1.82) is 5.26 Å². The summed E-state index contributed by atoms with van der Waals surface area (Å²) in [5.74, 6) is 2.49. The fraction of sp³-hybridized carbons (Fsp3) is 0.529. The van der Waals surface area contributed by atoms with E-state index in [2.05, 4.69) is 57.7 Å². The standard InChI is InChI=1S/C17H18Br2N2O2/c1-4-6-21-7-5-11(13(21)9-20)10-23-16(22)15-12(8-14(18)19)17(15,2)3/h1,5,7,12,14-15H,6,8,10H2,2-3H3/t12-,15-/m0/s1. The average Bonchev–Trinajstić information content (AvgIpc) is 2.81. The zero-order valence-corrected chi connectivity index (χ0v) is 16.2. The molecule has 1 aromatic rings. The van der Waals surface area contributed by atoms with E-state index in [-0.39, 0.29) is 27.6 Å². The van der Waals surface area contributed by atoms with Crippen LogP contribution in [0.2, 0.25) is 0 Å². The van der Waals surface area contributed by atoms with E-state index in [1.165, 1.54) is 0 Å². The Morgan fingerprint density at radius 2 is 2.26 bits per heavy atom. The van der Waals surface area contributed by atoms with E-state index >= 15 is 0 Å². The van der Waals surface area contributed by atoms with Gasteiger partial charge in [0.2, 0.25) is 0 Å². The molecule has 0 radical (unpaired) electrons. The molecule has 0 unspecified atom stereocenters. The van der Waals surface area contributed by atoms with Gasteiger partial charge in [-0.1, -0.05) is 51.6 Å². The van der Waals surface area contributed by atoms with Crippen LogP contribution in [0.3, 0.4) is 0 Å². The van der Waals surface area contributed by atoms with Gasteiger partial charge in [0.05, 0.1) is 16.2 Å². The third-order valence-electron chi connectivity index (χ3n) is 4.52. The van der Waals surface area contributed by atoms with Crippen LogP contribution in [-0.2, 0) is 22.7 Å². The molecule has 1 aliphatic carbocycles. The lowest BCUT2D eigenvalue weighted by Gasteiger charge is -2.06. The number of carbonyl (C=O) groups is 1.